The highest BCUT2D eigenvalue weighted by Gasteiger charge is 2.46. The van der Waals surface area contributed by atoms with Crippen LogP contribution >= 0.6 is 23.2 Å². The number of amides is 1. The van der Waals surface area contributed by atoms with Crippen LogP contribution in [-0.2, 0) is 16.0 Å². The lowest BCUT2D eigenvalue weighted by molar-refractivity contribution is -0.140. The minimum Gasteiger partial charge on any atom is -0.507 e. The Morgan fingerprint density at radius 2 is 1.85 bits per heavy atom. The van der Waals surface area contributed by atoms with Gasteiger partial charge in [-0.2, -0.15) is 0 Å². The first-order valence-electron chi connectivity index (χ1n) is 11.5. The summed E-state index contributed by atoms with van der Waals surface area (Å²) in [4.78, 5) is 30.1. The van der Waals surface area contributed by atoms with Crippen molar-refractivity contribution in [3.63, 3.8) is 0 Å². The van der Waals surface area contributed by atoms with E-state index in [9.17, 15) is 14.7 Å². The first kappa shape index (κ1) is 24.6. The molecule has 1 amide bonds. The van der Waals surface area contributed by atoms with E-state index in [-0.39, 0.29) is 17.4 Å². The molecule has 1 N–H and O–H groups in total. The van der Waals surface area contributed by atoms with Gasteiger partial charge < -0.3 is 19.6 Å². The number of Topliss-reactive ketones (excluding diaryl/α,β-unsaturated/α-hetero) is 1. The van der Waals surface area contributed by atoms with Crippen molar-refractivity contribution in [3.05, 3.63) is 68.7 Å². The molecule has 2 atom stereocenters. The van der Waals surface area contributed by atoms with Crippen molar-refractivity contribution in [1.29, 1.82) is 0 Å². The van der Waals surface area contributed by atoms with Gasteiger partial charge in [0.2, 0.25) is 0 Å². The fourth-order valence-corrected chi connectivity index (χ4v) is 4.96. The van der Waals surface area contributed by atoms with Crippen molar-refractivity contribution < 1.29 is 19.4 Å². The molecule has 1 fully saturated rings. The molecule has 0 bridgehead atoms. The highest BCUT2D eigenvalue weighted by atomic mass is 35.5. The molecule has 2 aliphatic heterocycles. The number of rotatable bonds is 7. The standard InChI is InChI=1S/C26H28Cl2N2O4/c1-4-29(5-2)10-11-30-23(16-6-8-19(27)20(28)14-16)22(25(32)26(30)33)24(31)17-7-9-21-18(13-17)12-15(3)34-21/h6-9,13-15,23,31H,4-5,10-12H2,1-3H3. The summed E-state index contributed by atoms with van der Waals surface area (Å²) < 4.78 is 5.75. The number of carbonyl (C=O) groups is 2. The van der Waals surface area contributed by atoms with E-state index in [4.69, 9.17) is 27.9 Å². The smallest absolute Gasteiger partial charge is 0.295 e. The van der Waals surface area contributed by atoms with E-state index >= 15 is 0 Å². The number of aliphatic hydroxyl groups excluding tert-OH is 1. The van der Waals surface area contributed by atoms with Gasteiger partial charge in [-0.05, 0) is 61.5 Å². The number of fused-ring (bicyclic) bond motifs is 1. The SMILES string of the molecule is CCN(CC)CCN1C(=O)C(=O)C(=C(O)c2ccc3c(c2)CC(C)O3)C1c1ccc(Cl)c(Cl)c1. The maximum atomic E-state index is 13.2. The number of nitrogens with zero attached hydrogens (tertiary/aromatic N) is 2. The Morgan fingerprint density at radius 1 is 1.12 bits per heavy atom. The van der Waals surface area contributed by atoms with Gasteiger partial charge in [0.15, 0.2) is 0 Å². The third-order valence-electron chi connectivity index (χ3n) is 6.52. The van der Waals surface area contributed by atoms with Gasteiger partial charge in [-0.15, -0.1) is 0 Å². The second kappa shape index (κ2) is 9.98. The molecular weight excluding hydrogens is 475 g/mol. The number of carbonyl (C=O) groups excluding carboxylic acids is 2. The fraction of sp³-hybridized carbons (Fsp3) is 0.385. The van der Waals surface area contributed by atoms with Crippen LogP contribution in [0, 0.1) is 0 Å². The van der Waals surface area contributed by atoms with Crippen molar-refractivity contribution in [2.45, 2.75) is 39.3 Å². The molecule has 2 aromatic rings. The highest BCUT2D eigenvalue weighted by Crippen LogP contribution is 2.41. The van der Waals surface area contributed by atoms with Gasteiger partial charge in [0.1, 0.15) is 17.6 Å². The van der Waals surface area contributed by atoms with Crippen LogP contribution in [0.3, 0.4) is 0 Å². The van der Waals surface area contributed by atoms with Crippen LogP contribution in [0.1, 0.15) is 43.5 Å². The Kier molecular flexibility index (Phi) is 7.22. The Morgan fingerprint density at radius 3 is 2.53 bits per heavy atom. The van der Waals surface area contributed by atoms with Crippen LogP contribution in [0.25, 0.3) is 5.76 Å². The van der Waals surface area contributed by atoms with Crippen molar-refractivity contribution in [2.24, 2.45) is 0 Å². The van der Waals surface area contributed by atoms with Gasteiger partial charge in [0, 0.05) is 25.1 Å². The van der Waals surface area contributed by atoms with Crippen molar-refractivity contribution in [1.82, 2.24) is 9.80 Å². The molecular formula is C26H28Cl2N2O4. The van der Waals surface area contributed by atoms with Gasteiger partial charge in [0.05, 0.1) is 21.7 Å². The molecule has 1 saturated heterocycles. The van der Waals surface area contributed by atoms with Crippen LogP contribution < -0.4 is 4.74 Å². The first-order valence-corrected chi connectivity index (χ1v) is 12.3. The summed E-state index contributed by atoms with van der Waals surface area (Å²) in [5.74, 6) is -0.784. The van der Waals surface area contributed by atoms with E-state index < -0.39 is 17.7 Å². The molecule has 2 aromatic carbocycles. The van der Waals surface area contributed by atoms with E-state index in [1.54, 1.807) is 30.3 Å². The van der Waals surface area contributed by atoms with E-state index in [1.807, 2.05) is 26.8 Å². The summed E-state index contributed by atoms with van der Waals surface area (Å²) in [7, 11) is 0. The van der Waals surface area contributed by atoms with Gasteiger partial charge in [0.25, 0.3) is 11.7 Å². The maximum absolute atomic E-state index is 13.2. The minimum atomic E-state index is -0.770. The molecule has 0 aromatic heterocycles. The number of halogens is 2. The zero-order chi connectivity index (χ0) is 24.6. The van der Waals surface area contributed by atoms with Crippen LogP contribution in [0.4, 0.5) is 0 Å². The number of ether oxygens (including phenoxy) is 1. The van der Waals surface area contributed by atoms with Gasteiger partial charge in [-0.1, -0.05) is 43.1 Å². The maximum Gasteiger partial charge on any atom is 0.295 e. The number of likely N-dealkylation sites (tertiary alicyclic amines) is 1. The molecule has 34 heavy (non-hydrogen) atoms. The fourth-order valence-electron chi connectivity index (χ4n) is 4.65. The van der Waals surface area contributed by atoms with Crippen LogP contribution in [0.5, 0.6) is 5.75 Å². The Bertz CT molecular complexity index is 1160. The van der Waals surface area contributed by atoms with Gasteiger partial charge in [-0.25, -0.2) is 0 Å². The van der Waals surface area contributed by atoms with Crippen molar-refractivity contribution in [2.75, 3.05) is 26.2 Å². The predicted molar refractivity (Wildman–Crippen MR) is 133 cm³/mol. The molecule has 2 unspecified atom stereocenters. The van der Waals surface area contributed by atoms with E-state index in [0.29, 0.717) is 40.7 Å². The zero-order valence-electron chi connectivity index (χ0n) is 19.5. The van der Waals surface area contributed by atoms with E-state index in [2.05, 4.69) is 4.90 Å². The summed E-state index contributed by atoms with van der Waals surface area (Å²) in [6, 6.07) is 9.58. The number of hydrogen-bond donors (Lipinski definition) is 1. The normalized spacial score (nSPS) is 21.3. The number of ketones is 1. The zero-order valence-corrected chi connectivity index (χ0v) is 21.0. The average Bonchev–Trinajstić information content (AvgIpc) is 3.31. The number of aliphatic hydroxyl groups is 1. The molecule has 0 saturated carbocycles. The Labute approximate surface area is 209 Å². The largest absolute Gasteiger partial charge is 0.507 e. The lowest BCUT2D eigenvalue weighted by atomic mass is 9.94. The lowest BCUT2D eigenvalue weighted by Crippen LogP contribution is -2.38. The molecule has 2 heterocycles. The quantitative estimate of drug-likeness (QED) is 0.324. The second-order valence-electron chi connectivity index (χ2n) is 8.65. The van der Waals surface area contributed by atoms with Crippen molar-refractivity contribution >= 4 is 40.7 Å². The third kappa shape index (κ3) is 4.54. The minimum absolute atomic E-state index is 0.0502. The molecule has 4 rings (SSSR count). The monoisotopic (exact) mass is 502 g/mol. The van der Waals surface area contributed by atoms with Crippen LogP contribution in [-0.4, -0.2) is 58.9 Å². The molecule has 2 aliphatic rings. The topological polar surface area (TPSA) is 70.1 Å². The predicted octanol–water partition coefficient (Wildman–Crippen LogP) is 5.08. The Hall–Kier alpha value is -2.54. The van der Waals surface area contributed by atoms with Gasteiger partial charge in [-0.3, -0.25) is 9.59 Å². The summed E-state index contributed by atoms with van der Waals surface area (Å²) in [5, 5.41) is 12.0. The molecule has 8 heteroatoms. The summed E-state index contributed by atoms with van der Waals surface area (Å²) in [6.07, 6.45) is 0.763. The highest BCUT2D eigenvalue weighted by molar-refractivity contribution is 6.46. The first-order chi connectivity index (χ1) is 16.2. The molecule has 0 aliphatic carbocycles. The molecule has 6 nitrogen and oxygen atoms in total. The summed E-state index contributed by atoms with van der Waals surface area (Å²) in [6.45, 7) is 8.67. The number of hydrogen-bond acceptors (Lipinski definition) is 5. The van der Waals surface area contributed by atoms with E-state index in [0.717, 1.165) is 24.4 Å². The molecule has 180 valence electrons. The number of likely N-dealkylation sites (N-methyl/N-ethyl adjacent to an activating group) is 1. The molecule has 0 radical (unpaired) electrons. The summed E-state index contributed by atoms with van der Waals surface area (Å²) in [5.41, 5.74) is 2.10. The third-order valence-corrected chi connectivity index (χ3v) is 7.26. The van der Waals surface area contributed by atoms with E-state index in [1.165, 1.54) is 4.90 Å². The number of benzene rings is 2. The average molecular weight is 503 g/mol. The van der Waals surface area contributed by atoms with Crippen molar-refractivity contribution in [3.8, 4) is 5.75 Å². The lowest BCUT2D eigenvalue weighted by Gasteiger charge is -2.28. The van der Waals surface area contributed by atoms with Crippen LogP contribution in [0.15, 0.2) is 42.0 Å². The second-order valence-corrected chi connectivity index (χ2v) is 9.46. The summed E-state index contributed by atoms with van der Waals surface area (Å²) >= 11 is 12.4. The molecule has 0 spiro atoms. The Balaban J connectivity index is 1.80. The van der Waals surface area contributed by atoms with Gasteiger partial charge >= 0.3 is 0 Å². The van der Waals surface area contributed by atoms with Crippen LogP contribution in [0.2, 0.25) is 10.0 Å².